The summed E-state index contributed by atoms with van der Waals surface area (Å²) in [7, 11) is 0. The van der Waals surface area contributed by atoms with Crippen molar-refractivity contribution in [3.63, 3.8) is 0 Å². The molecule has 2 N–H and O–H groups in total. The molecule has 0 bridgehead atoms. The van der Waals surface area contributed by atoms with Crippen molar-refractivity contribution in [3.8, 4) is 0 Å². The van der Waals surface area contributed by atoms with Gasteiger partial charge in [0.25, 0.3) is 5.91 Å². The Kier molecular flexibility index (Phi) is 3.04. The Hall–Kier alpha value is -2.15. The zero-order valence-corrected chi connectivity index (χ0v) is 10.1. The number of amides is 1. The van der Waals surface area contributed by atoms with Crippen LogP contribution >= 0.6 is 0 Å². The number of oxazole rings is 1. The number of carbonyl (C=O) groups excluding carboxylic acids is 1. The molecular formula is C12H13N3O4. The van der Waals surface area contributed by atoms with Gasteiger partial charge in [0.1, 0.15) is 5.69 Å². The highest BCUT2D eigenvalue weighted by Gasteiger charge is 2.17. The lowest BCUT2D eigenvalue weighted by Crippen LogP contribution is -2.32. The van der Waals surface area contributed by atoms with Gasteiger partial charge in [0, 0.05) is 13.2 Å². The van der Waals surface area contributed by atoms with Gasteiger partial charge in [-0.2, -0.15) is 0 Å². The molecular weight excluding hydrogens is 250 g/mol. The summed E-state index contributed by atoms with van der Waals surface area (Å²) < 4.78 is 10.2. The van der Waals surface area contributed by atoms with Crippen LogP contribution in [0.4, 0.5) is 0 Å². The van der Waals surface area contributed by atoms with Crippen molar-refractivity contribution in [2.24, 2.45) is 0 Å². The smallest absolute Gasteiger partial charge is 0.406 e. The second kappa shape index (κ2) is 4.85. The number of ether oxygens (including phenoxy) is 1. The molecule has 19 heavy (non-hydrogen) atoms. The second-order valence-electron chi connectivity index (χ2n) is 4.40. The first kappa shape index (κ1) is 11.9. The molecule has 1 aliphatic heterocycles. The number of H-pyrrole nitrogens is 1. The van der Waals surface area contributed by atoms with Gasteiger partial charge in [0.2, 0.25) is 0 Å². The minimum Gasteiger partial charge on any atom is -0.406 e. The maximum Gasteiger partial charge on any atom is 0.418 e. The Morgan fingerprint density at radius 3 is 3.21 bits per heavy atom. The average Bonchev–Trinajstić information content (AvgIpc) is 3.02. The molecule has 0 saturated carbocycles. The molecule has 2 aromatic heterocycles. The van der Waals surface area contributed by atoms with Crippen LogP contribution < -0.4 is 11.1 Å². The molecule has 0 unspecified atom stereocenters. The van der Waals surface area contributed by atoms with Crippen molar-refractivity contribution < 1.29 is 13.9 Å². The highest BCUT2D eigenvalue weighted by atomic mass is 16.5. The van der Waals surface area contributed by atoms with Gasteiger partial charge in [-0.05, 0) is 25.0 Å². The van der Waals surface area contributed by atoms with Crippen LogP contribution in [-0.4, -0.2) is 35.1 Å². The molecule has 100 valence electrons. The van der Waals surface area contributed by atoms with Gasteiger partial charge in [-0.1, -0.05) is 0 Å². The fourth-order valence-electron chi connectivity index (χ4n) is 2.07. The van der Waals surface area contributed by atoms with E-state index in [0.29, 0.717) is 12.1 Å². The summed E-state index contributed by atoms with van der Waals surface area (Å²) in [5.74, 6) is -0.876. The summed E-state index contributed by atoms with van der Waals surface area (Å²) in [5.41, 5.74) is 0.845. The van der Waals surface area contributed by atoms with Crippen LogP contribution in [0.3, 0.4) is 0 Å². The molecule has 2 aromatic rings. The van der Waals surface area contributed by atoms with Gasteiger partial charge in [0.05, 0.1) is 6.10 Å². The van der Waals surface area contributed by atoms with Gasteiger partial charge < -0.3 is 14.5 Å². The first-order valence-corrected chi connectivity index (χ1v) is 6.12. The van der Waals surface area contributed by atoms with Crippen molar-refractivity contribution in [1.29, 1.82) is 0 Å². The molecule has 1 aliphatic rings. The van der Waals surface area contributed by atoms with E-state index in [0.717, 1.165) is 19.4 Å². The highest BCUT2D eigenvalue weighted by Crippen LogP contribution is 2.11. The van der Waals surface area contributed by atoms with E-state index in [1.165, 1.54) is 6.07 Å². The van der Waals surface area contributed by atoms with Gasteiger partial charge >= 0.3 is 5.76 Å². The zero-order chi connectivity index (χ0) is 13.2. The molecule has 1 saturated heterocycles. The predicted molar refractivity (Wildman–Crippen MR) is 65.9 cm³/mol. The topological polar surface area (TPSA) is 97.2 Å². The quantitative estimate of drug-likeness (QED) is 0.836. The van der Waals surface area contributed by atoms with E-state index < -0.39 is 5.76 Å². The molecule has 0 radical (unpaired) electrons. The molecule has 7 nitrogen and oxygen atoms in total. The number of aromatic nitrogens is 2. The molecule has 3 rings (SSSR count). The van der Waals surface area contributed by atoms with Crippen LogP contribution in [-0.2, 0) is 4.74 Å². The number of carbonyl (C=O) groups is 1. The fraction of sp³-hybridized carbons (Fsp3) is 0.417. The molecule has 3 heterocycles. The van der Waals surface area contributed by atoms with Crippen molar-refractivity contribution >= 4 is 17.1 Å². The van der Waals surface area contributed by atoms with Gasteiger partial charge in [0.15, 0.2) is 11.2 Å². The molecule has 0 spiro atoms. The first-order valence-electron chi connectivity index (χ1n) is 6.12. The summed E-state index contributed by atoms with van der Waals surface area (Å²) in [5, 5.41) is 2.76. The van der Waals surface area contributed by atoms with Crippen LogP contribution in [0.15, 0.2) is 21.3 Å². The Labute approximate surface area is 108 Å². The maximum atomic E-state index is 11.9. The average molecular weight is 263 g/mol. The summed E-state index contributed by atoms with van der Waals surface area (Å²) >= 11 is 0. The standard InChI is InChI=1S/C12H13N3O4/c16-11(13-6-7-2-1-5-18-7)8-3-4-9-10(14-8)15-12(17)19-9/h3-4,7H,1-2,5-6H2,(H,13,16)(H,14,15,17)/t7-/m1/s1. The van der Waals surface area contributed by atoms with Gasteiger partial charge in [-0.25, -0.2) is 9.78 Å². The summed E-state index contributed by atoms with van der Waals surface area (Å²) in [4.78, 5) is 29.3. The first-order chi connectivity index (χ1) is 9.22. The number of fused-ring (bicyclic) bond motifs is 1. The van der Waals surface area contributed by atoms with Crippen LogP contribution in [0.25, 0.3) is 11.2 Å². The number of hydrogen-bond donors (Lipinski definition) is 2. The zero-order valence-electron chi connectivity index (χ0n) is 10.1. The van der Waals surface area contributed by atoms with Crippen molar-refractivity contribution in [2.45, 2.75) is 18.9 Å². The van der Waals surface area contributed by atoms with E-state index in [-0.39, 0.29) is 23.4 Å². The normalized spacial score (nSPS) is 18.8. The molecule has 0 aromatic carbocycles. The van der Waals surface area contributed by atoms with Crippen LogP contribution in [0.5, 0.6) is 0 Å². The Bertz CT molecular complexity index is 654. The number of nitrogens with zero attached hydrogens (tertiary/aromatic N) is 1. The molecule has 1 amide bonds. The third kappa shape index (κ3) is 2.50. The SMILES string of the molecule is O=C(NC[C@H]1CCCO1)c1ccc2oc(=O)[nH]c2n1. The Morgan fingerprint density at radius 2 is 2.42 bits per heavy atom. The van der Waals surface area contributed by atoms with E-state index in [1.54, 1.807) is 6.07 Å². The number of pyridine rings is 1. The van der Waals surface area contributed by atoms with Gasteiger partial charge in [-0.15, -0.1) is 0 Å². The fourth-order valence-corrected chi connectivity index (χ4v) is 2.07. The number of nitrogens with one attached hydrogen (secondary N) is 2. The lowest BCUT2D eigenvalue weighted by molar-refractivity contribution is 0.0854. The second-order valence-corrected chi connectivity index (χ2v) is 4.40. The van der Waals surface area contributed by atoms with E-state index in [1.807, 2.05) is 0 Å². The van der Waals surface area contributed by atoms with E-state index in [9.17, 15) is 9.59 Å². The predicted octanol–water partition coefficient (Wildman–Crippen LogP) is 0.425. The van der Waals surface area contributed by atoms with Crippen LogP contribution in [0.2, 0.25) is 0 Å². The number of hydrogen-bond acceptors (Lipinski definition) is 5. The maximum absolute atomic E-state index is 11.9. The summed E-state index contributed by atoms with van der Waals surface area (Å²) in [6.45, 7) is 1.22. The lowest BCUT2D eigenvalue weighted by Gasteiger charge is -2.10. The summed E-state index contributed by atoms with van der Waals surface area (Å²) in [6, 6.07) is 3.06. The van der Waals surface area contributed by atoms with Crippen molar-refractivity contribution in [3.05, 3.63) is 28.4 Å². The van der Waals surface area contributed by atoms with Crippen molar-refractivity contribution in [2.75, 3.05) is 13.2 Å². The van der Waals surface area contributed by atoms with Crippen LogP contribution in [0, 0.1) is 0 Å². The number of aromatic amines is 1. The van der Waals surface area contributed by atoms with Gasteiger partial charge in [-0.3, -0.25) is 9.78 Å². The van der Waals surface area contributed by atoms with E-state index in [2.05, 4.69) is 15.3 Å². The number of rotatable bonds is 3. The molecule has 1 atom stereocenters. The third-order valence-electron chi connectivity index (χ3n) is 3.03. The molecule has 7 heteroatoms. The van der Waals surface area contributed by atoms with E-state index >= 15 is 0 Å². The Morgan fingerprint density at radius 1 is 1.53 bits per heavy atom. The minimum atomic E-state index is -0.584. The van der Waals surface area contributed by atoms with Crippen molar-refractivity contribution in [1.82, 2.24) is 15.3 Å². The monoisotopic (exact) mass is 263 g/mol. The minimum absolute atomic E-state index is 0.0846. The third-order valence-corrected chi connectivity index (χ3v) is 3.03. The highest BCUT2D eigenvalue weighted by molar-refractivity contribution is 5.93. The summed E-state index contributed by atoms with van der Waals surface area (Å²) in [6.07, 6.45) is 2.07. The van der Waals surface area contributed by atoms with E-state index in [4.69, 9.17) is 9.15 Å². The largest absolute Gasteiger partial charge is 0.418 e. The Balaban J connectivity index is 1.71. The molecule has 0 aliphatic carbocycles. The van der Waals surface area contributed by atoms with Crippen LogP contribution in [0.1, 0.15) is 23.3 Å². The molecule has 1 fully saturated rings. The lowest BCUT2D eigenvalue weighted by atomic mass is 10.2.